The lowest BCUT2D eigenvalue weighted by atomic mass is 10.0. The Hall–Kier alpha value is -1.94. The first-order valence-electron chi connectivity index (χ1n) is 33.3. The van der Waals surface area contributed by atoms with Crippen molar-refractivity contribution >= 4 is 39.5 Å². The van der Waals surface area contributed by atoms with E-state index in [1.54, 1.807) is 0 Å². The van der Waals surface area contributed by atoms with Crippen molar-refractivity contribution in [3.8, 4) is 0 Å². The third-order valence-corrected chi connectivity index (χ3v) is 16.5. The minimum atomic E-state index is -4.94. The number of carbonyl (C=O) groups excluding carboxylic acids is 4. The molecule has 0 aliphatic carbocycles. The van der Waals surface area contributed by atoms with Gasteiger partial charge in [0, 0.05) is 25.7 Å². The number of hydrogen-bond acceptors (Lipinski definition) is 15. The van der Waals surface area contributed by atoms with Crippen LogP contribution in [-0.2, 0) is 65.4 Å². The summed E-state index contributed by atoms with van der Waals surface area (Å²) in [5.74, 6) is -2.14. The van der Waals surface area contributed by atoms with Crippen LogP contribution in [0.2, 0.25) is 0 Å². The predicted molar refractivity (Wildman–Crippen MR) is 326 cm³/mol. The van der Waals surface area contributed by atoms with Crippen molar-refractivity contribution in [1.29, 1.82) is 0 Å². The Bertz CT molecular complexity index is 1590. The number of unbranched alkanes of at least 4 members (excludes halogenated alkanes) is 38. The molecule has 0 rings (SSSR count). The quantitative estimate of drug-likeness (QED) is 0.0222. The number of aliphatic hydroxyl groups excluding tert-OH is 1. The first kappa shape index (κ1) is 80.1. The lowest BCUT2D eigenvalue weighted by Gasteiger charge is -2.21. The summed E-state index contributed by atoms with van der Waals surface area (Å²) < 4.78 is 67.8. The van der Waals surface area contributed by atoms with Crippen LogP contribution in [0, 0.1) is 0 Å². The van der Waals surface area contributed by atoms with E-state index in [0.29, 0.717) is 25.7 Å². The van der Waals surface area contributed by atoms with E-state index in [9.17, 15) is 43.2 Å². The summed E-state index contributed by atoms with van der Waals surface area (Å²) in [6, 6.07) is 0. The summed E-state index contributed by atoms with van der Waals surface area (Å²) in [7, 11) is -9.87. The van der Waals surface area contributed by atoms with E-state index in [0.717, 1.165) is 103 Å². The predicted octanol–water partition coefficient (Wildman–Crippen LogP) is 17.5. The molecule has 2 unspecified atom stereocenters. The number of carbonyl (C=O) groups is 4. The normalized spacial score (nSPS) is 14.2. The molecule has 0 saturated heterocycles. The van der Waals surface area contributed by atoms with E-state index in [-0.39, 0.29) is 25.7 Å². The van der Waals surface area contributed by atoms with E-state index in [2.05, 4.69) is 27.7 Å². The van der Waals surface area contributed by atoms with Crippen LogP contribution in [0.25, 0.3) is 0 Å². The highest BCUT2D eigenvalue weighted by Crippen LogP contribution is 2.45. The Morgan fingerprint density at radius 1 is 0.293 bits per heavy atom. The second-order valence-corrected chi connectivity index (χ2v) is 25.7. The van der Waals surface area contributed by atoms with Crippen LogP contribution in [0.15, 0.2) is 0 Å². The Labute approximate surface area is 498 Å². The highest BCUT2D eigenvalue weighted by Gasteiger charge is 2.30. The average Bonchev–Trinajstić information content (AvgIpc) is 3.45. The van der Waals surface area contributed by atoms with E-state index >= 15 is 0 Å². The molecule has 82 heavy (non-hydrogen) atoms. The molecule has 0 aliphatic heterocycles. The van der Waals surface area contributed by atoms with Crippen LogP contribution in [0.3, 0.4) is 0 Å². The largest absolute Gasteiger partial charge is 0.472 e. The van der Waals surface area contributed by atoms with Gasteiger partial charge in [-0.15, -0.1) is 0 Å². The number of rotatable bonds is 64. The van der Waals surface area contributed by atoms with Crippen LogP contribution in [0.1, 0.15) is 323 Å². The molecule has 5 atom stereocenters. The highest BCUT2D eigenvalue weighted by molar-refractivity contribution is 7.47. The molecule has 0 heterocycles. The molecule has 0 aromatic carbocycles. The highest BCUT2D eigenvalue weighted by atomic mass is 31.2. The number of phosphoric acid groups is 2. The fourth-order valence-electron chi connectivity index (χ4n) is 9.46. The van der Waals surface area contributed by atoms with Crippen molar-refractivity contribution in [2.75, 3.05) is 39.6 Å². The Kier molecular flexibility index (Phi) is 56.7. The summed E-state index contributed by atoms with van der Waals surface area (Å²) in [4.78, 5) is 72.0. The van der Waals surface area contributed by atoms with Gasteiger partial charge >= 0.3 is 39.5 Å². The van der Waals surface area contributed by atoms with E-state index < -0.39 is 97.5 Å². The number of ether oxygens (including phenoxy) is 4. The first-order valence-corrected chi connectivity index (χ1v) is 36.3. The molecule has 0 bridgehead atoms. The van der Waals surface area contributed by atoms with Gasteiger partial charge in [-0.1, -0.05) is 272 Å². The monoisotopic (exact) mass is 1210 g/mol. The van der Waals surface area contributed by atoms with Crippen LogP contribution in [-0.4, -0.2) is 96.7 Å². The third-order valence-electron chi connectivity index (χ3n) is 14.6. The summed E-state index contributed by atoms with van der Waals surface area (Å²) in [6.45, 7) is 4.82. The zero-order valence-corrected chi connectivity index (χ0v) is 54.2. The van der Waals surface area contributed by atoms with Gasteiger partial charge in [0.15, 0.2) is 12.2 Å². The van der Waals surface area contributed by atoms with Crippen molar-refractivity contribution in [3.05, 3.63) is 0 Å². The van der Waals surface area contributed by atoms with Crippen LogP contribution in [0.4, 0.5) is 0 Å². The molecule has 0 radical (unpaired) electrons. The van der Waals surface area contributed by atoms with Gasteiger partial charge in [-0.2, -0.15) is 0 Å². The summed E-state index contributed by atoms with van der Waals surface area (Å²) >= 11 is 0. The van der Waals surface area contributed by atoms with Crippen molar-refractivity contribution in [2.24, 2.45) is 0 Å². The topological polar surface area (TPSA) is 237 Å². The van der Waals surface area contributed by atoms with Gasteiger partial charge < -0.3 is 33.8 Å². The van der Waals surface area contributed by atoms with Gasteiger partial charge in [-0.05, 0) is 25.7 Å². The molecule has 0 saturated carbocycles. The molecule has 486 valence electrons. The van der Waals surface area contributed by atoms with Crippen molar-refractivity contribution < 1.29 is 80.2 Å². The third kappa shape index (κ3) is 57.2. The Morgan fingerprint density at radius 2 is 0.488 bits per heavy atom. The van der Waals surface area contributed by atoms with Gasteiger partial charge in [0.05, 0.1) is 26.4 Å². The van der Waals surface area contributed by atoms with Gasteiger partial charge in [0.25, 0.3) is 0 Å². The molecule has 0 aliphatic rings. The molecular formula is C63H122O17P2. The van der Waals surface area contributed by atoms with E-state index in [1.165, 1.54) is 141 Å². The van der Waals surface area contributed by atoms with Crippen LogP contribution in [0.5, 0.6) is 0 Å². The fraction of sp³-hybridized carbons (Fsp3) is 0.937. The second-order valence-electron chi connectivity index (χ2n) is 22.8. The maximum absolute atomic E-state index is 13.0. The fourth-order valence-corrected chi connectivity index (χ4v) is 11.0. The maximum Gasteiger partial charge on any atom is 0.472 e. The average molecular weight is 1210 g/mol. The molecule has 17 nitrogen and oxygen atoms in total. The summed E-state index contributed by atoms with van der Waals surface area (Å²) in [5, 5.41) is 10.5. The number of aliphatic hydroxyl groups is 1. The molecule has 3 N–H and O–H groups in total. The molecule has 0 amide bonds. The lowest BCUT2D eigenvalue weighted by molar-refractivity contribution is -0.161. The number of esters is 4. The van der Waals surface area contributed by atoms with Crippen molar-refractivity contribution in [2.45, 2.75) is 341 Å². The smallest absolute Gasteiger partial charge is 0.462 e. The Balaban J connectivity index is 5.15. The molecular weight excluding hydrogens is 1090 g/mol. The molecule has 0 aromatic rings. The van der Waals surface area contributed by atoms with Crippen molar-refractivity contribution in [1.82, 2.24) is 0 Å². The SMILES string of the molecule is CCCCCCCCCCCCCCCCCCCC(=O)O[C@H](COC(=O)CCCCCCCCCCC)COP(=O)(O)OC[C@@H](O)COP(=O)(O)OC[C@@H](COC(=O)CCCCCCCCCC)OC(=O)CCCCCCCCCC. The van der Waals surface area contributed by atoms with E-state index in [1.807, 2.05) is 0 Å². The standard InChI is InChI=1S/C63H122O17P2/c1-5-9-13-17-21-25-26-27-28-29-30-31-32-34-38-42-46-50-63(68)80-59(54-74-61(66)48-44-40-37-33-22-18-14-10-6-2)56-78-82(71,72)76-52-57(64)51-75-81(69,70)77-55-58(79-62(67)49-45-41-36-24-20-16-12-8-4)53-73-60(65)47-43-39-35-23-19-15-11-7-3/h57-59,64H,5-56H2,1-4H3,(H,69,70)(H,71,72)/t57-,58+,59+/m0/s1. The maximum atomic E-state index is 13.0. The van der Waals surface area contributed by atoms with Gasteiger partial charge in [-0.25, -0.2) is 9.13 Å². The Morgan fingerprint density at radius 3 is 0.720 bits per heavy atom. The van der Waals surface area contributed by atoms with Crippen LogP contribution < -0.4 is 0 Å². The molecule has 0 spiro atoms. The van der Waals surface area contributed by atoms with Crippen LogP contribution >= 0.6 is 15.6 Å². The van der Waals surface area contributed by atoms with Gasteiger partial charge in [0.1, 0.15) is 19.3 Å². The van der Waals surface area contributed by atoms with Crippen molar-refractivity contribution in [3.63, 3.8) is 0 Å². The summed E-state index contributed by atoms with van der Waals surface area (Å²) in [5.41, 5.74) is 0. The molecule has 0 aromatic heterocycles. The minimum Gasteiger partial charge on any atom is -0.462 e. The van der Waals surface area contributed by atoms with E-state index in [4.69, 9.17) is 37.0 Å². The zero-order chi connectivity index (χ0) is 60.5. The van der Waals surface area contributed by atoms with Gasteiger partial charge in [0.2, 0.25) is 0 Å². The number of hydrogen-bond donors (Lipinski definition) is 3. The van der Waals surface area contributed by atoms with Gasteiger partial charge in [-0.3, -0.25) is 37.3 Å². The first-order chi connectivity index (χ1) is 39.7. The zero-order valence-electron chi connectivity index (χ0n) is 52.5. The molecule has 0 fully saturated rings. The second kappa shape index (κ2) is 58.1. The lowest BCUT2D eigenvalue weighted by Crippen LogP contribution is -2.30. The minimum absolute atomic E-state index is 0.105. The number of phosphoric ester groups is 2. The summed E-state index contributed by atoms with van der Waals surface area (Å²) in [6.07, 6.45) is 43.2. The molecule has 19 heteroatoms.